The molecule has 0 saturated heterocycles. The van der Waals surface area contributed by atoms with Gasteiger partial charge in [0.1, 0.15) is 0 Å². The van der Waals surface area contributed by atoms with Gasteiger partial charge >= 0.3 is 0 Å². The van der Waals surface area contributed by atoms with Gasteiger partial charge in [0.2, 0.25) is 0 Å². The molecule has 34 heavy (non-hydrogen) atoms. The molecule has 2 aliphatic rings. The van der Waals surface area contributed by atoms with Crippen molar-refractivity contribution < 1.29 is 0 Å². The van der Waals surface area contributed by atoms with Crippen LogP contribution in [0.25, 0.3) is 11.6 Å². The lowest BCUT2D eigenvalue weighted by molar-refractivity contribution is 0.133. The summed E-state index contributed by atoms with van der Waals surface area (Å²) in [4.78, 5) is 0. The van der Waals surface area contributed by atoms with E-state index in [-0.39, 0.29) is 0 Å². The Morgan fingerprint density at radius 2 is 1.88 bits per heavy atom. The minimum atomic E-state index is 0.364. The SMILES string of the molecule is CC=CCC1(CC)CCCc2ccc(CCCCC)cc2C2=CCC1Cc1ccccc1C=C2. The molecule has 0 radical (unpaired) electrons. The number of fused-ring (bicyclic) bond motifs is 5. The Labute approximate surface area is 208 Å². The summed E-state index contributed by atoms with van der Waals surface area (Å²) in [5.41, 5.74) is 9.25. The highest BCUT2D eigenvalue weighted by Gasteiger charge is 2.36. The van der Waals surface area contributed by atoms with Crippen molar-refractivity contribution in [3.05, 3.63) is 94.6 Å². The second-order valence-corrected chi connectivity index (χ2v) is 10.6. The van der Waals surface area contributed by atoms with E-state index in [1.807, 2.05) is 0 Å². The molecule has 0 aromatic heterocycles. The van der Waals surface area contributed by atoms with E-state index < -0.39 is 0 Å². The fourth-order valence-electron chi connectivity index (χ4n) is 6.33. The second kappa shape index (κ2) is 11.9. The van der Waals surface area contributed by atoms with Crippen LogP contribution < -0.4 is 0 Å². The van der Waals surface area contributed by atoms with Crippen LogP contribution in [-0.2, 0) is 19.3 Å². The molecule has 2 aromatic carbocycles. The second-order valence-electron chi connectivity index (χ2n) is 10.6. The number of benzene rings is 2. The van der Waals surface area contributed by atoms with Gasteiger partial charge in [-0.2, -0.15) is 0 Å². The van der Waals surface area contributed by atoms with Gasteiger partial charge in [-0.3, -0.25) is 0 Å². The predicted molar refractivity (Wildman–Crippen MR) is 150 cm³/mol. The fourth-order valence-corrected chi connectivity index (χ4v) is 6.33. The van der Waals surface area contributed by atoms with Crippen molar-refractivity contribution in [1.29, 1.82) is 0 Å². The summed E-state index contributed by atoms with van der Waals surface area (Å²) in [5, 5.41) is 0. The zero-order chi connectivity index (χ0) is 23.8. The van der Waals surface area contributed by atoms with Gasteiger partial charge < -0.3 is 0 Å². The molecule has 0 spiro atoms. The number of hydrogen-bond donors (Lipinski definition) is 0. The first-order valence-electron chi connectivity index (χ1n) is 13.9. The van der Waals surface area contributed by atoms with Gasteiger partial charge in [-0.15, -0.1) is 0 Å². The molecule has 0 nitrogen and oxygen atoms in total. The van der Waals surface area contributed by atoms with Gasteiger partial charge in [0.15, 0.2) is 0 Å². The van der Waals surface area contributed by atoms with Crippen molar-refractivity contribution in [2.75, 3.05) is 0 Å². The Balaban J connectivity index is 1.81. The van der Waals surface area contributed by atoms with Gasteiger partial charge in [-0.25, -0.2) is 0 Å². The molecular formula is C34H44. The molecule has 0 fully saturated rings. The zero-order valence-corrected chi connectivity index (χ0v) is 21.8. The van der Waals surface area contributed by atoms with Crippen LogP contribution in [0.5, 0.6) is 0 Å². The molecule has 2 aliphatic carbocycles. The highest BCUT2D eigenvalue weighted by Crippen LogP contribution is 2.46. The molecule has 2 atom stereocenters. The summed E-state index contributed by atoms with van der Waals surface area (Å²) < 4.78 is 0. The van der Waals surface area contributed by atoms with Crippen molar-refractivity contribution in [1.82, 2.24) is 0 Å². The Morgan fingerprint density at radius 1 is 1.00 bits per heavy atom. The van der Waals surface area contributed by atoms with Crippen LogP contribution >= 0.6 is 0 Å². The van der Waals surface area contributed by atoms with Crippen LogP contribution in [-0.4, -0.2) is 0 Å². The van der Waals surface area contributed by atoms with Crippen molar-refractivity contribution >= 4 is 11.6 Å². The minimum Gasteiger partial charge on any atom is -0.0916 e. The third-order valence-corrected chi connectivity index (χ3v) is 8.59. The van der Waals surface area contributed by atoms with E-state index in [9.17, 15) is 0 Å². The van der Waals surface area contributed by atoms with E-state index in [1.54, 1.807) is 0 Å². The maximum Gasteiger partial charge on any atom is -0.0152 e. The highest BCUT2D eigenvalue weighted by atomic mass is 14.4. The number of allylic oxidation sites excluding steroid dienone is 5. The third kappa shape index (κ3) is 5.65. The summed E-state index contributed by atoms with van der Waals surface area (Å²) >= 11 is 0. The van der Waals surface area contributed by atoms with Crippen molar-refractivity contribution in [2.24, 2.45) is 11.3 Å². The van der Waals surface area contributed by atoms with Crippen LogP contribution in [0.4, 0.5) is 0 Å². The van der Waals surface area contributed by atoms with Gasteiger partial charge in [0, 0.05) is 0 Å². The maximum absolute atomic E-state index is 2.59. The normalized spacial score (nSPS) is 22.4. The molecule has 2 unspecified atom stereocenters. The summed E-state index contributed by atoms with van der Waals surface area (Å²) in [6, 6.07) is 16.5. The Morgan fingerprint density at radius 3 is 2.71 bits per heavy atom. The first-order chi connectivity index (χ1) is 16.7. The largest absolute Gasteiger partial charge is 0.0916 e. The number of hydrogen-bond acceptors (Lipinski definition) is 0. The zero-order valence-electron chi connectivity index (χ0n) is 21.8. The molecule has 4 rings (SSSR count). The van der Waals surface area contributed by atoms with Gasteiger partial charge in [-0.1, -0.05) is 99.5 Å². The molecule has 2 bridgehead atoms. The van der Waals surface area contributed by atoms with Crippen LogP contribution in [0.2, 0.25) is 0 Å². The molecule has 0 aliphatic heterocycles. The van der Waals surface area contributed by atoms with Gasteiger partial charge in [-0.05, 0) is 109 Å². The average molecular weight is 453 g/mol. The summed E-state index contributed by atoms with van der Waals surface area (Å²) in [6.07, 6.45) is 25.8. The fraction of sp³-hybridized carbons (Fsp3) is 0.471. The van der Waals surface area contributed by atoms with Crippen molar-refractivity contribution in [2.45, 2.75) is 91.4 Å². The van der Waals surface area contributed by atoms with E-state index in [1.165, 1.54) is 104 Å². The van der Waals surface area contributed by atoms with E-state index in [0.717, 1.165) is 0 Å². The predicted octanol–water partition coefficient (Wildman–Crippen LogP) is 9.78. The van der Waals surface area contributed by atoms with Gasteiger partial charge in [0.05, 0.1) is 0 Å². The number of rotatable bonds is 7. The number of aryl methyl sites for hydroxylation is 2. The lowest BCUT2D eigenvalue weighted by Gasteiger charge is -2.41. The Kier molecular flexibility index (Phi) is 8.65. The van der Waals surface area contributed by atoms with Gasteiger partial charge in [0.25, 0.3) is 0 Å². The average Bonchev–Trinajstić information content (AvgIpc) is 2.96. The standard InChI is InChI=1S/C34H44/c1-4-7-9-13-27-17-18-29-16-12-24-34(6-3,23-8-5-2)32-22-21-30(33(29)25-27)20-19-28-14-10-11-15-31(28)26-32/h5,8,10-11,14-15,17-21,25,32H,4,6-7,9,12-13,16,22-24,26H2,1-3H3. The Bertz CT molecular complexity index is 1030. The minimum absolute atomic E-state index is 0.364. The van der Waals surface area contributed by atoms with Crippen LogP contribution in [0.1, 0.15) is 100.0 Å². The molecule has 0 amide bonds. The lowest BCUT2D eigenvalue weighted by atomic mass is 9.64. The number of unbranched alkanes of at least 4 members (excludes halogenated alkanes) is 2. The lowest BCUT2D eigenvalue weighted by Crippen LogP contribution is -2.32. The molecule has 0 heterocycles. The molecule has 2 aromatic rings. The topological polar surface area (TPSA) is 0 Å². The monoisotopic (exact) mass is 452 g/mol. The summed E-state index contributed by atoms with van der Waals surface area (Å²) in [6.45, 7) is 6.91. The molecule has 180 valence electrons. The molecular weight excluding hydrogens is 408 g/mol. The smallest absolute Gasteiger partial charge is 0.0152 e. The van der Waals surface area contributed by atoms with E-state index in [4.69, 9.17) is 0 Å². The van der Waals surface area contributed by atoms with Crippen LogP contribution in [0.3, 0.4) is 0 Å². The van der Waals surface area contributed by atoms with Crippen molar-refractivity contribution in [3.8, 4) is 0 Å². The first kappa shape index (κ1) is 24.8. The van der Waals surface area contributed by atoms with Crippen LogP contribution in [0.15, 0.2) is 66.8 Å². The highest BCUT2D eigenvalue weighted by molar-refractivity contribution is 5.81. The van der Waals surface area contributed by atoms with E-state index >= 15 is 0 Å². The molecule has 0 heteroatoms. The van der Waals surface area contributed by atoms with Crippen molar-refractivity contribution in [3.63, 3.8) is 0 Å². The summed E-state index contributed by atoms with van der Waals surface area (Å²) in [7, 11) is 0. The van der Waals surface area contributed by atoms with Crippen LogP contribution in [0, 0.1) is 11.3 Å². The molecule has 0 saturated carbocycles. The quantitative estimate of drug-likeness (QED) is 0.290. The first-order valence-corrected chi connectivity index (χ1v) is 13.9. The molecule has 0 N–H and O–H groups in total. The van der Waals surface area contributed by atoms with E-state index in [0.29, 0.717) is 11.3 Å². The summed E-state index contributed by atoms with van der Waals surface area (Å²) in [5.74, 6) is 0.666. The van der Waals surface area contributed by atoms with E-state index in [2.05, 4.69) is 93.6 Å². The third-order valence-electron chi connectivity index (χ3n) is 8.59. The maximum atomic E-state index is 2.59. The Hall–Kier alpha value is -2.34.